The number of hydrogen-bond donors (Lipinski definition) is 3. The van der Waals surface area contributed by atoms with Crippen molar-refractivity contribution in [3.05, 3.63) is 62.7 Å². The van der Waals surface area contributed by atoms with Gasteiger partial charge in [0.2, 0.25) is 11.6 Å². The lowest BCUT2D eigenvalue weighted by Gasteiger charge is -2.36. The minimum atomic E-state index is -0.863. The molecule has 1 aromatic carbocycles. The molecule has 3 heterocycles. The molecule has 11 heteroatoms. The number of aliphatic carboxylic acids is 1. The fourth-order valence-corrected chi connectivity index (χ4v) is 5.09. The van der Waals surface area contributed by atoms with Crippen molar-refractivity contribution in [3.8, 4) is 0 Å². The summed E-state index contributed by atoms with van der Waals surface area (Å²) in [6.45, 7) is 10.4. The summed E-state index contributed by atoms with van der Waals surface area (Å²) >= 11 is 6.49. The Morgan fingerprint density at radius 2 is 2.03 bits per heavy atom. The lowest BCUT2D eigenvalue weighted by Crippen LogP contribution is -2.43. The minimum absolute atomic E-state index is 0.127. The zero-order valence-electron chi connectivity index (χ0n) is 21.4. The van der Waals surface area contributed by atoms with Crippen molar-refractivity contribution in [1.82, 2.24) is 14.9 Å². The largest absolute Gasteiger partial charge is 0.481 e. The molecule has 3 aromatic rings. The molecule has 1 amide bonds. The maximum Gasteiger partial charge on any atom is 0.308 e. The van der Waals surface area contributed by atoms with Crippen molar-refractivity contribution >= 4 is 57.4 Å². The van der Waals surface area contributed by atoms with Crippen molar-refractivity contribution in [2.24, 2.45) is 18.9 Å². The van der Waals surface area contributed by atoms with Gasteiger partial charge in [-0.2, -0.15) is 0 Å². The van der Waals surface area contributed by atoms with Crippen molar-refractivity contribution in [1.29, 1.82) is 0 Å². The van der Waals surface area contributed by atoms with E-state index in [2.05, 4.69) is 20.5 Å². The van der Waals surface area contributed by atoms with E-state index >= 15 is 0 Å². The lowest BCUT2D eigenvalue weighted by molar-refractivity contribution is -0.142. The molecule has 2 aromatic heterocycles. The fraction of sp³-hybridized carbons (Fsp3) is 0.370. The van der Waals surface area contributed by atoms with Gasteiger partial charge in [0.1, 0.15) is 11.6 Å². The van der Waals surface area contributed by atoms with Gasteiger partial charge < -0.3 is 25.2 Å². The van der Waals surface area contributed by atoms with E-state index in [1.807, 2.05) is 24.0 Å². The molecule has 4 rings (SSSR count). The van der Waals surface area contributed by atoms with E-state index in [9.17, 15) is 19.5 Å². The third-order valence-corrected chi connectivity index (χ3v) is 7.11. The van der Waals surface area contributed by atoms with E-state index in [1.54, 1.807) is 30.8 Å². The topological polar surface area (TPSA) is 121 Å². The zero-order valence-corrected chi connectivity index (χ0v) is 22.2. The molecule has 1 aliphatic rings. The smallest absolute Gasteiger partial charge is 0.308 e. The molecule has 0 aliphatic carbocycles. The van der Waals surface area contributed by atoms with E-state index < -0.39 is 11.9 Å². The van der Waals surface area contributed by atoms with E-state index in [0.29, 0.717) is 42.3 Å². The van der Waals surface area contributed by atoms with Crippen LogP contribution in [0.2, 0.25) is 5.02 Å². The SMILES string of the molecule is [C-]#[N+]c1cc(Cl)c(Nc2ccc3c(c2)cc(CCC(=O)NC)c(=O)n3C)nc1N1C[C@H](C)C[C@H](C(=O)O)C1. The number of fused-ring (bicyclic) bond motifs is 1. The highest BCUT2D eigenvalue weighted by Gasteiger charge is 2.31. The highest BCUT2D eigenvalue weighted by Crippen LogP contribution is 2.38. The number of benzene rings is 1. The summed E-state index contributed by atoms with van der Waals surface area (Å²) in [5, 5.41) is 16.4. The maximum absolute atomic E-state index is 12.8. The number of carbonyl (C=O) groups excluding carboxylic acids is 1. The predicted molar refractivity (Wildman–Crippen MR) is 147 cm³/mol. The van der Waals surface area contributed by atoms with Gasteiger partial charge >= 0.3 is 5.97 Å². The Hall–Kier alpha value is -4.10. The molecule has 1 aliphatic heterocycles. The van der Waals surface area contributed by atoms with Crippen LogP contribution in [-0.4, -0.2) is 46.7 Å². The number of amides is 1. The first kappa shape index (κ1) is 26.9. The number of nitrogens with zero attached hydrogens (tertiary/aromatic N) is 4. The summed E-state index contributed by atoms with van der Waals surface area (Å²) in [6, 6.07) is 8.80. The number of hydrogen-bond acceptors (Lipinski definition) is 6. The highest BCUT2D eigenvalue weighted by atomic mass is 35.5. The van der Waals surface area contributed by atoms with Crippen LogP contribution in [0.5, 0.6) is 0 Å². The van der Waals surface area contributed by atoms with Crippen LogP contribution in [0.3, 0.4) is 0 Å². The van der Waals surface area contributed by atoms with Crippen molar-refractivity contribution < 1.29 is 14.7 Å². The molecule has 3 N–H and O–H groups in total. The number of rotatable bonds is 7. The number of piperidine rings is 1. The average Bonchev–Trinajstić information content (AvgIpc) is 2.90. The zero-order chi connectivity index (χ0) is 27.6. The second-order valence-electron chi connectivity index (χ2n) is 9.66. The first-order valence-corrected chi connectivity index (χ1v) is 12.6. The van der Waals surface area contributed by atoms with Crippen molar-refractivity contribution in [2.75, 3.05) is 30.4 Å². The molecule has 198 valence electrons. The van der Waals surface area contributed by atoms with Crippen LogP contribution in [-0.2, 0) is 23.1 Å². The second kappa shape index (κ2) is 11.1. The summed E-state index contributed by atoms with van der Waals surface area (Å²) < 4.78 is 1.56. The molecular weight excluding hydrogens is 508 g/mol. The first-order valence-electron chi connectivity index (χ1n) is 12.3. The van der Waals surface area contributed by atoms with Gasteiger partial charge in [-0.25, -0.2) is 9.83 Å². The Balaban J connectivity index is 1.68. The standard InChI is InChI=1S/C27H29ClN6O4/c1-15-9-18(27(37)38)14-34(13-15)25-21(29-2)12-20(28)24(32-25)31-19-6-7-22-17(11-19)10-16(26(36)33(22)4)5-8-23(35)30-3/h6-7,10-12,15,18H,5,8-9,13-14H2,1,3-4H3,(H,30,35)(H,31,32)(H,37,38)/t15-,18+/m1/s1. The van der Waals surface area contributed by atoms with Gasteiger partial charge in [0.15, 0.2) is 0 Å². The van der Waals surface area contributed by atoms with Crippen LogP contribution in [0.25, 0.3) is 15.7 Å². The van der Waals surface area contributed by atoms with Crippen LogP contribution < -0.4 is 21.1 Å². The van der Waals surface area contributed by atoms with Gasteiger partial charge in [-0.1, -0.05) is 18.5 Å². The van der Waals surface area contributed by atoms with E-state index in [-0.39, 0.29) is 41.1 Å². The van der Waals surface area contributed by atoms with Crippen molar-refractivity contribution in [3.63, 3.8) is 0 Å². The van der Waals surface area contributed by atoms with Crippen LogP contribution in [0, 0.1) is 18.4 Å². The molecular formula is C27H29ClN6O4. The Bertz CT molecular complexity index is 1510. The summed E-state index contributed by atoms with van der Waals surface area (Å²) in [4.78, 5) is 46.2. The molecule has 1 fully saturated rings. The Morgan fingerprint density at radius 1 is 1.26 bits per heavy atom. The van der Waals surface area contributed by atoms with Crippen LogP contribution in [0.1, 0.15) is 25.3 Å². The maximum atomic E-state index is 12.8. The van der Waals surface area contributed by atoms with E-state index in [1.165, 1.54) is 6.07 Å². The molecule has 0 unspecified atom stereocenters. The molecule has 2 atom stereocenters. The second-order valence-corrected chi connectivity index (χ2v) is 10.1. The number of aryl methyl sites for hydroxylation is 2. The Morgan fingerprint density at radius 3 is 2.71 bits per heavy atom. The van der Waals surface area contributed by atoms with Crippen LogP contribution in [0.4, 0.5) is 23.0 Å². The van der Waals surface area contributed by atoms with Gasteiger partial charge in [0, 0.05) is 50.2 Å². The molecule has 10 nitrogen and oxygen atoms in total. The van der Waals surface area contributed by atoms with Gasteiger partial charge in [-0.05, 0) is 49.1 Å². The lowest BCUT2D eigenvalue weighted by atomic mass is 9.90. The quantitative estimate of drug-likeness (QED) is 0.389. The van der Waals surface area contributed by atoms with E-state index in [4.69, 9.17) is 18.2 Å². The fourth-order valence-electron chi connectivity index (χ4n) is 4.89. The number of nitrogens with one attached hydrogen (secondary N) is 2. The van der Waals surface area contributed by atoms with Gasteiger partial charge in [-0.3, -0.25) is 14.4 Å². The molecule has 1 saturated heterocycles. The third-order valence-electron chi connectivity index (χ3n) is 6.83. The Labute approximate surface area is 225 Å². The molecule has 38 heavy (non-hydrogen) atoms. The average molecular weight is 537 g/mol. The van der Waals surface area contributed by atoms with Gasteiger partial charge in [0.25, 0.3) is 5.56 Å². The summed E-state index contributed by atoms with van der Waals surface area (Å²) in [7, 11) is 3.25. The summed E-state index contributed by atoms with van der Waals surface area (Å²) in [6.07, 6.45) is 1.10. The number of carboxylic acid groups (broad SMARTS) is 1. The minimum Gasteiger partial charge on any atom is -0.481 e. The summed E-state index contributed by atoms with van der Waals surface area (Å²) in [5.41, 5.74) is 2.04. The number of anilines is 3. The Kier molecular flexibility index (Phi) is 7.88. The molecule has 0 radical (unpaired) electrons. The van der Waals surface area contributed by atoms with Crippen LogP contribution in [0.15, 0.2) is 35.1 Å². The first-order chi connectivity index (χ1) is 18.1. The van der Waals surface area contributed by atoms with Crippen molar-refractivity contribution in [2.45, 2.75) is 26.2 Å². The monoisotopic (exact) mass is 536 g/mol. The van der Waals surface area contributed by atoms with Gasteiger partial charge in [-0.15, -0.1) is 0 Å². The predicted octanol–water partition coefficient (Wildman–Crippen LogP) is 4.11. The molecule has 0 saturated carbocycles. The number of pyridine rings is 2. The number of halogens is 1. The summed E-state index contributed by atoms with van der Waals surface area (Å²) in [5.74, 6) is -0.691. The highest BCUT2D eigenvalue weighted by molar-refractivity contribution is 6.33. The molecule has 0 spiro atoms. The van der Waals surface area contributed by atoms with E-state index in [0.717, 1.165) is 10.9 Å². The third kappa shape index (κ3) is 5.58. The normalized spacial score (nSPS) is 17.2. The van der Waals surface area contributed by atoms with Gasteiger partial charge in [0.05, 0.1) is 23.0 Å². The number of aromatic nitrogens is 2. The van der Waals surface area contributed by atoms with Crippen LogP contribution >= 0.6 is 11.6 Å². The number of carbonyl (C=O) groups is 2. The molecule has 0 bridgehead atoms. The number of carboxylic acids is 1.